The molecule has 0 aliphatic heterocycles. The summed E-state index contributed by atoms with van der Waals surface area (Å²) in [5.41, 5.74) is 0.345. The van der Waals surface area contributed by atoms with Gasteiger partial charge in [0.2, 0.25) is 0 Å². The van der Waals surface area contributed by atoms with Gasteiger partial charge in [0.15, 0.2) is 11.6 Å². The Morgan fingerprint density at radius 2 is 2.10 bits per heavy atom. The van der Waals surface area contributed by atoms with E-state index < -0.39 is 23.9 Å². The van der Waals surface area contributed by atoms with E-state index in [2.05, 4.69) is 10.6 Å². The molecular formula is C13H17FN2O5. The second-order valence-corrected chi connectivity index (χ2v) is 4.14. The van der Waals surface area contributed by atoms with E-state index in [1.54, 1.807) is 0 Å². The molecule has 3 N–H and O–H groups in total. The molecule has 0 aromatic heterocycles. The molecule has 0 aliphatic rings. The molecule has 8 heteroatoms. The van der Waals surface area contributed by atoms with Crippen LogP contribution in [0.15, 0.2) is 18.2 Å². The Labute approximate surface area is 121 Å². The summed E-state index contributed by atoms with van der Waals surface area (Å²) >= 11 is 0. The normalized spacial score (nSPS) is 11.6. The number of carbonyl (C=O) groups is 2. The maximum Gasteiger partial charge on any atom is 0.319 e. The van der Waals surface area contributed by atoms with Crippen molar-refractivity contribution in [3.8, 4) is 5.75 Å². The zero-order valence-corrected chi connectivity index (χ0v) is 11.7. The van der Waals surface area contributed by atoms with Crippen molar-refractivity contribution in [2.75, 3.05) is 26.1 Å². The third-order valence-corrected chi connectivity index (χ3v) is 2.63. The van der Waals surface area contributed by atoms with Gasteiger partial charge < -0.3 is 25.2 Å². The number of amides is 2. The second-order valence-electron chi connectivity index (χ2n) is 4.14. The van der Waals surface area contributed by atoms with Crippen LogP contribution in [0.2, 0.25) is 0 Å². The number of hydrogen-bond acceptors (Lipinski definition) is 4. The lowest BCUT2D eigenvalue weighted by atomic mass is 10.2. The van der Waals surface area contributed by atoms with Gasteiger partial charge in [0, 0.05) is 25.4 Å². The van der Waals surface area contributed by atoms with Gasteiger partial charge in [0.1, 0.15) is 0 Å². The first-order valence-corrected chi connectivity index (χ1v) is 6.09. The molecule has 0 heterocycles. The van der Waals surface area contributed by atoms with Crippen molar-refractivity contribution in [1.29, 1.82) is 0 Å². The number of hydrogen-bond donors (Lipinski definition) is 3. The van der Waals surface area contributed by atoms with Crippen molar-refractivity contribution in [3.63, 3.8) is 0 Å². The number of carbonyl (C=O) groups excluding carboxylic acids is 1. The molecule has 1 aromatic rings. The van der Waals surface area contributed by atoms with Crippen molar-refractivity contribution in [2.24, 2.45) is 0 Å². The number of aliphatic carboxylic acids is 1. The van der Waals surface area contributed by atoms with Crippen molar-refractivity contribution >= 4 is 17.7 Å². The van der Waals surface area contributed by atoms with E-state index in [1.807, 2.05) is 0 Å². The van der Waals surface area contributed by atoms with Crippen molar-refractivity contribution in [1.82, 2.24) is 5.32 Å². The first kappa shape index (κ1) is 16.7. The van der Waals surface area contributed by atoms with E-state index in [9.17, 15) is 14.0 Å². The number of anilines is 1. The molecule has 7 nitrogen and oxygen atoms in total. The highest BCUT2D eigenvalue weighted by Crippen LogP contribution is 2.21. The van der Waals surface area contributed by atoms with Crippen molar-refractivity contribution in [3.05, 3.63) is 24.0 Å². The average Bonchev–Trinajstić information content (AvgIpc) is 2.45. The first-order chi connectivity index (χ1) is 9.96. The van der Waals surface area contributed by atoms with Crippen LogP contribution < -0.4 is 15.4 Å². The molecule has 0 fully saturated rings. The molecule has 1 atom stereocenters. The van der Waals surface area contributed by atoms with E-state index >= 15 is 0 Å². The van der Waals surface area contributed by atoms with E-state index in [-0.39, 0.29) is 18.7 Å². The van der Waals surface area contributed by atoms with E-state index in [0.29, 0.717) is 5.69 Å². The molecule has 0 saturated heterocycles. The summed E-state index contributed by atoms with van der Waals surface area (Å²) < 4.78 is 22.9. The number of halogens is 1. The van der Waals surface area contributed by atoms with Crippen LogP contribution in [-0.4, -0.2) is 44.0 Å². The molecule has 21 heavy (non-hydrogen) atoms. The fourth-order valence-electron chi connectivity index (χ4n) is 1.55. The number of benzene rings is 1. The molecule has 1 unspecified atom stereocenters. The Hall–Kier alpha value is -2.35. The molecule has 0 radical (unpaired) electrons. The highest BCUT2D eigenvalue weighted by Gasteiger charge is 2.14. The number of urea groups is 1. The van der Waals surface area contributed by atoms with Gasteiger partial charge in [-0.25, -0.2) is 9.18 Å². The number of carboxylic acid groups (broad SMARTS) is 1. The van der Waals surface area contributed by atoms with Gasteiger partial charge in [-0.1, -0.05) is 0 Å². The topological polar surface area (TPSA) is 96.9 Å². The molecule has 0 saturated carbocycles. The van der Waals surface area contributed by atoms with E-state index in [4.69, 9.17) is 14.6 Å². The van der Waals surface area contributed by atoms with E-state index in [0.717, 1.165) is 6.07 Å². The molecule has 0 spiro atoms. The van der Waals surface area contributed by atoms with Crippen LogP contribution in [0.3, 0.4) is 0 Å². The predicted molar refractivity (Wildman–Crippen MR) is 73.0 cm³/mol. The Balaban J connectivity index is 2.51. The number of nitrogens with one attached hydrogen (secondary N) is 2. The van der Waals surface area contributed by atoms with Crippen LogP contribution >= 0.6 is 0 Å². The molecule has 1 rings (SSSR count). The number of methoxy groups -OCH3 is 2. The van der Waals surface area contributed by atoms with Crippen LogP contribution in [-0.2, 0) is 9.53 Å². The Kier molecular flexibility index (Phi) is 6.41. The van der Waals surface area contributed by atoms with Gasteiger partial charge in [-0.05, 0) is 12.1 Å². The molecular weight excluding hydrogens is 283 g/mol. The third kappa shape index (κ3) is 5.65. The van der Waals surface area contributed by atoms with Gasteiger partial charge >= 0.3 is 12.0 Å². The fraction of sp³-hybridized carbons (Fsp3) is 0.385. The zero-order valence-electron chi connectivity index (χ0n) is 11.7. The highest BCUT2D eigenvalue weighted by atomic mass is 19.1. The summed E-state index contributed by atoms with van der Waals surface area (Å²) in [5, 5.41) is 13.6. The summed E-state index contributed by atoms with van der Waals surface area (Å²) in [6.45, 7) is 0.0347. The summed E-state index contributed by atoms with van der Waals surface area (Å²) in [6.07, 6.45) is -0.850. The Morgan fingerprint density at radius 1 is 1.38 bits per heavy atom. The van der Waals surface area contributed by atoms with Crippen LogP contribution in [0.25, 0.3) is 0 Å². The maximum absolute atomic E-state index is 13.2. The number of rotatable bonds is 7. The van der Waals surface area contributed by atoms with Crippen molar-refractivity contribution in [2.45, 2.75) is 12.5 Å². The minimum atomic E-state index is -1.02. The van der Waals surface area contributed by atoms with Crippen LogP contribution in [0.5, 0.6) is 5.75 Å². The number of carboxylic acids is 1. The quantitative estimate of drug-likeness (QED) is 0.708. The van der Waals surface area contributed by atoms with Crippen LogP contribution in [0.1, 0.15) is 6.42 Å². The predicted octanol–water partition coefficient (Wildman–Crippen LogP) is 1.45. The van der Waals surface area contributed by atoms with Crippen molar-refractivity contribution < 1.29 is 28.6 Å². The van der Waals surface area contributed by atoms with Gasteiger partial charge in [-0.2, -0.15) is 0 Å². The average molecular weight is 300 g/mol. The van der Waals surface area contributed by atoms with Crippen LogP contribution in [0, 0.1) is 5.82 Å². The Morgan fingerprint density at radius 3 is 2.67 bits per heavy atom. The summed E-state index contributed by atoms with van der Waals surface area (Å²) in [5.74, 6) is -1.55. The molecule has 1 aromatic carbocycles. The maximum atomic E-state index is 13.2. The lowest BCUT2D eigenvalue weighted by molar-refractivity contribution is -0.139. The van der Waals surface area contributed by atoms with Gasteiger partial charge in [0.25, 0.3) is 0 Å². The van der Waals surface area contributed by atoms with Gasteiger partial charge in [0.05, 0.1) is 19.6 Å². The molecule has 0 bridgehead atoms. The standard InChI is InChI=1S/C13H17FN2O5/c1-20-9(6-12(17)18)7-15-13(19)16-8-3-4-10(14)11(5-8)21-2/h3-5,9H,6-7H2,1-2H3,(H,17,18)(H2,15,16,19). The van der Waals surface area contributed by atoms with Gasteiger partial charge in [-0.3, -0.25) is 4.79 Å². The molecule has 116 valence electrons. The second kappa shape index (κ2) is 8.05. The smallest absolute Gasteiger partial charge is 0.319 e. The zero-order chi connectivity index (χ0) is 15.8. The lowest BCUT2D eigenvalue weighted by Crippen LogP contribution is -2.37. The largest absolute Gasteiger partial charge is 0.494 e. The fourth-order valence-corrected chi connectivity index (χ4v) is 1.55. The monoisotopic (exact) mass is 300 g/mol. The third-order valence-electron chi connectivity index (χ3n) is 2.63. The summed E-state index contributed by atoms with van der Waals surface area (Å²) in [4.78, 5) is 22.2. The molecule has 2 amide bonds. The SMILES string of the molecule is COc1cc(NC(=O)NCC(CC(=O)O)OC)ccc1F. The van der Waals surface area contributed by atoms with Gasteiger partial charge in [-0.15, -0.1) is 0 Å². The number of ether oxygens (including phenoxy) is 2. The first-order valence-electron chi connectivity index (χ1n) is 6.09. The highest BCUT2D eigenvalue weighted by molar-refractivity contribution is 5.89. The molecule has 0 aliphatic carbocycles. The minimum absolute atomic E-state index is 0.00782. The summed E-state index contributed by atoms with van der Waals surface area (Å²) in [7, 11) is 2.68. The minimum Gasteiger partial charge on any atom is -0.494 e. The van der Waals surface area contributed by atoms with E-state index in [1.165, 1.54) is 26.4 Å². The lowest BCUT2D eigenvalue weighted by Gasteiger charge is -2.14. The Bertz CT molecular complexity index is 509. The van der Waals surface area contributed by atoms with Crippen LogP contribution in [0.4, 0.5) is 14.9 Å². The summed E-state index contributed by atoms with van der Waals surface area (Å²) in [6, 6.07) is 3.32.